The third-order valence-electron chi connectivity index (χ3n) is 2.91. The van der Waals surface area contributed by atoms with Crippen LogP contribution in [0.1, 0.15) is 5.56 Å². The fourth-order valence-corrected chi connectivity index (χ4v) is 1.90. The second-order valence-corrected chi connectivity index (χ2v) is 5.27. The maximum absolute atomic E-state index is 11.8. The molecule has 0 aromatic heterocycles. The van der Waals surface area contributed by atoms with Gasteiger partial charge in [0.1, 0.15) is 12.4 Å². The van der Waals surface area contributed by atoms with Crippen LogP contribution in [0, 0.1) is 0 Å². The number of ether oxygens (including phenoxy) is 1. The van der Waals surface area contributed by atoms with Crippen molar-refractivity contribution in [2.75, 3.05) is 11.9 Å². The average molecular weight is 358 g/mol. The van der Waals surface area contributed by atoms with Crippen LogP contribution in [0.2, 0.25) is 5.02 Å². The SMILES string of the molecule is C=CCOc1cccc(/C=N\NC(=O)C(=O)Nc2ccc(Cl)cc2)c1. The van der Waals surface area contributed by atoms with Gasteiger partial charge in [0.25, 0.3) is 0 Å². The highest BCUT2D eigenvalue weighted by molar-refractivity contribution is 6.39. The quantitative estimate of drug-likeness (QED) is 0.361. The first-order chi connectivity index (χ1) is 12.1. The molecular formula is C18H16ClN3O3. The standard InChI is InChI=1S/C18H16ClN3O3/c1-2-10-25-16-5-3-4-13(11-16)12-20-22-18(24)17(23)21-15-8-6-14(19)7-9-15/h2-9,11-12H,1,10H2,(H,21,23)(H,22,24)/b20-12-. The zero-order valence-electron chi connectivity index (χ0n) is 13.2. The molecule has 0 aliphatic carbocycles. The molecule has 0 saturated carbocycles. The molecule has 0 spiro atoms. The number of rotatable bonds is 6. The van der Waals surface area contributed by atoms with Crippen LogP contribution < -0.4 is 15.5 Å². The van der Waals surface area contributed by atoms with E-state index in [-0.39, 0.29) is 0 Å². The Kier molecular flexibility index (Phi) is 6.74. The first-order valence-electron chi connectivity index (χ1n) is 7.32. The zero-order chi connectivity index (χ0) is 18.1. The summed E-state index contributed by atoms with van der Waals surface area (Å²) in [4.78, 5) is 23.5. The fraction of sp³-hybridized carbons (Fsp3) is 0.0556. The molecule has 0 aliphatic rings. The predicted octanol–water partition coefficient (Wildman–Crippen LogP) is 2.99. The van der Waals surface area contributed by atoms with Gasteiger partial charge in [-0.3, -0.25) is 9.59 Å². The number of hydrazone groups is 1. The molecule has 128 valence electrons. The largest absolute Gasteiger partial charge is 0.490 e. The van der Waals surface area contributed by atoms with Crippen molar-refractivity contribution in [3.8, 4) is 5.75 Å². The Morgan fingerprint density at radius 2 is 1.92 bits per heavy atom. The first-order valence-corrected chi connectivity index (χ1v) is 7.70. The fourth-order valence-electron chi connectivity index (χ4n) is 1.78. The Bertz CT molecular complexity index is 788. The van der Waals surface area contributed by atoms with Gasteiger partial charge in [-0.1, -0.05) is 36.4 Å². The highest BCUT2D eigenvalue weighted by Gasteiger charge is 2.12. The third kappa shape index (κ3) is 6.12. The van der Waals surface area contributed by atoms with E-state index in [2.05, 4.69) is 22.4 Å². The summed E-state index contributed by atoms with van der Waals surface area (Å²) in [5, 5.41) is 6.73. The molecule has 0 heterocycles. The van der Waals surface area contributed by atoms with E-state index in [9.17, 15) is 9.59 Å². The number of halogens is 1. The number of hydrogen-bond donors (Lipinski definition) is 2. The van der Waals surface area contributed by atoms with Crippen molar-refractivity contribution in [1.82, 2.24) is 5.43 Å². The molecule has 25 heavy (non-hydrogen) atoms. The predicted molar refractivity (Wildman–Crippen MR) is 98.0 cm³/mol. The summed E-state index contributed by atoms with van der Waals surface area (Å²) in [5.74, 6) is -1.07. The molecule has 6 nitrogen and oxygen atoms in total. The minimum absolute atomic E-state index is 0.391. The summed E-state index contributed by atoms with van der Waals surface area (Å²) in [5.41, 5.74) is 3.33. The molecule has 2 amide bonds. The minimum atomic E-state index is -0.884. The lowest BCUT2D eigenvalue weighted by Gasteiger charge is -2.04. The molecule has 0 unspecified atom stereocenters. The highest BCUT2D eigenvalue weighted by Crippen LogP contribution is 2.13. The van der Waals surface area contributed by atoms with Crippen LogP contribution in [0.4, 0.5) is 5.69 Å². The van der Waals surface area contributed by atoms with Crippen LogP contribution in [-0.4, -0.2) is 24.6 Å². The Morgan fingerprint density at radius 3 is 2.64 bits per heavy atom. The van der Waals surface area contributed by atoms with E-state index in [4.69, 9.17) is 16.3 Å². The van der Waals surface area contributed by atoms with Gasteiger partial charge >= 0.3 is 11.8 Å². The number of hydrogen-bond acceptors (Lipinski definition) is 4. The molecule has 2 rings (SSSR count). The van der Waals surface area contributed by atoms with E-state index in [1.165, 1.54) is 6.21 Å². The van der Waals surface area contributed by atoms with E-state index in [0.717, 1.165) is 0 Å². The summed E-state index contributed by atoms with van der Waals surface area (Å²) in [7, 11) is 0. The van der Waals surface area contributed by atoms with Crippen molar-refractivity contribution in [2.45, 2.75) is 0 Å². The number of carbonyl (C=O) groups excluding carboxylic acids is 2. The van der Waals surface area contributed by atoms with E-state index in [1.807, 2.05) is 0 Å². The van der Waals surface area contributed by atoms with Crippen LogP contribution in [0.5, 0.6) is 5.75 Å². The minimum Gasteiger partial charge on any atom is -0.490 e. The normalized spacial score (nSPS) is 10.3. The van der Waals surface area contributed by atoms with Crippen LogP contribution in [0.3, 0.4) is 0 Å². The molecule has 2 N–H and O–H groups in total. The molecule has 2 aromatic rings. The van der Waals surface area contributed by atoms with E-state index >= 15 is 0 Å². The van der Waals surface area contributed by atoms with E-state index in [1.54, 1.807) is 54.6 Å². The maximum Gasteiger partial charge on any atom is 0.329 e. The van der Waals surface area contributed by atoms with Crippen molar-refractivity contribution in [2.24, 2.45) is 5.10 Å². The monoisotopic (exact) mass is 357 g/mol. The lowest BCUT2D eigenvalue weighted by atomic mass is 10.2. The summed E-state index contributed by atoms with van der Waals surface area (Å²) in [6.07, 6.45) is 3.05. The van der Waals surface area contributed by atoms with Crippen molar-refractivity contribution in [3.05, 3.63) is 71.8 Å². The first kappa shape index (κ1) is 18.2. The summed E-state index contributed by atoms with van der Waals surface area (Å²) >= 11 is 5.75. The van der Waals surface area contributed by atoms with Gasteiger partial charge in [-0.15, -0.1) is 0 Å². The van der Waals surface area contributed by atoms with Gasteiger partial charge in [-0.25, -0.2) is 5.43 Å². The van der Waals surface area contributed by atoms with Crippen molar-refractivity contribution >= 4 is 35.3 Å². The lowest BCUT2D eigenvalue weighted by Crippen LogP contribution is -2.32. The molecule has 0 atom stereocenters. The van der Waals surface area contributed by atoms with Gasteiger partial charge in [-0.2, -0.15) is 5.10 Å². The molecule has 0 fully saturated rings. The Hall–Kier alpha value is -3.12. The van der Waals surface area contributed by atoms with Gasteiger partial charge in [-0.05, 0) is 42.0 Å². The van der Waals surface area contributed by atoms with E-state index in [0.29, 0.717) is 28.6 Å². The van der Waals surface area contributed by atoms with Gasteiger partial charge in [0, 0.05) is 10.7 Å². The molecule has 0 bridgehead atoms. The molecule has 0 aliphatic heterocycles. The highest BCUT2D eigenvalue weighted by atomic mass is 35.5. The maximum atomic E-state index is 11.8. The topological polar surface area (TPSA) is 79.8 Å². The smallest absolute Gasteiger partial charge is 0.329 e. The summed E-state index contributed by atoms with van der Waals surface area (Å²) < 4.78 is 5.40. The Balaban J connectivity index is 1.88. The van der Waals surface area contributed by atoms with E-state index < -0.39 is 11.8 Å². The van der Waals surface area contributed by atoms with Crippen molar-refractivity contribution in [3.63, 3.8) is 0 Å². The van der Waals surface area contributed by atoms with Crippen LogP contribution in [0.25, 0.3) is 0 Å². The second-order valence-electron chi connectivity index (χ2n) is 4.83. The number of nitrogens with zero attached hydrogens (tertiary/aromatic N) is 1. The molecular weight excluding hydrogens is 342 g/mol. The molecule has 0 saturated heterocycles. The van der Waals surface area contributed by atoms with Crippen LogP contribution in [0.15, 0.2) is 66.3 Å². The number of carbonyl (C=O) groups is 2. The number of benzene rings is 2. The third-order valence-corrected chi connectivity index (χ3v) is 3.17. The zero-order valence-corrected chi connectivity index (χ0v) is 14.0. The average Bonchev–Trinajstić information content (AvgIpc) is 2.62. The molecule has 0 radical (unpaired) electrons. The number of nitrogens with one attached hydrogen (secondary N) is 2. The molecule has 2 aromatic carbocycles. The van der Waals surface area contributed by atoms with Gasteiger partial charge < -0.3 is 10.1 Å². The van der Waals surface area contributed by atoms with Gasteiger partial charge in [0.15, 0.2) is 0 Å². The molecule has 7 heteroatoms. The van der Waals surface area contributed by atoms with Crippen molar-refractivity contribution in [1.29, 1.82) is 0 Å². The van der Waals surface area contributed by atoms with Crippen LogP contribution in [-0.2, 0) is 9.59 Å². The number of anilines is 1. The van der Waals surface area contributed by atoms with Crippen LogP contribution >= 0.6 is 11.6 Å². The lowest BCUT2D eigenvalue weighted by molar-refractivity contribution is -0.136. The van der Waals surface area contributed by atoms with Gasteiger partial charge in [0.2, 0.25) is 0 Å². The van der Waals surface area contributed by atoms with Gasteiger partial charge in [0.05, 0.1) is 6.21 Å². The Labute approximate surface area is 150 Å². The van der Waals surface area contributed by atoms with Crippen molar-refractivity contribution < 1.29 is 14.3 Å². The second kappa shape index (κ2) is 9.24. The summed E-state index contributed by atoms with van der Waals surface area (Å²) in [6, 6.07) is 13.5. The summed E-state index contributed by atoms with van der Waals surface area (Å²) in [6.45, 7) is 3.97. The Morgan fingerprint density at radius 1 is 1.16 bits per heavy atom. The number of amides is 2.